The molecular weight excluding hydrogens is 1380 g/mol. The van der Waals surface area contributed by atoms with Crippen LogP contribution in [-0.4, -0.2) is 295 Å². The van der Waals surface area contributed by atoms with E-state index in [1.165, 1.54) is 90.7 Å². The number of ether oxygens (including phenoxy) is 1. The summed E-state index contributed by atoms with van der Waals surface area (Å²) in [6.07, 6.45) is 6.25. The summed E-state index contributed by atoms with van der Waals surface area (Å²) in [6.45, 7) is 11.0. The number of amides is 12. The number of carbonyl (C=O) groups is 12. The number of alkyl halides is 3. The maximum atomic E-state index is 15.8. The van der Waals surface area contributed by atoms with E-state index in [4.69, 9.17) is 4.74 Å². The Morgan fingerprint density at radius 1 is 0.645 bits per heavy atom. The molecule has 4 aliphatic heterocycles. The van der Waals surface area contributed by atoms with E-state index < -0.39 is 186 Å². The Labute approximate surface area is 632 Å². The fraction of sp³-hybridized carbons (Fsp3) is 0.821. The van der Waals surface area contributed by atoms with Gasteiger partial charge in [0.25, 0.3) is 0 Å². The lowest BCUT2D eigenvalue weighted by atomic mass is 9.58. The van der Waals surface area contributed by atoms with Crippen LogP contribution >= 0.6 is 0 Å². The van der Waals surface area contributed by atoms with Crippen molar-refractivity contribution < 1.29 is 75.4 Å². The second kappa shape index (κ2) is 36.7. The van der Waals surface area contributed by atoms with Gasteiger partial charge < -0.3 is 69.7 Å². The molecule has 3 saturated heterocycles. The van der Waals surface area contributed by atoms with Crippen molar-refractivity contribution in [1.29, 1.82) is 0 Å². The highest BCUT2D eigenvalue weighted by atomic mass is 19.4. The number of carbonyl (C=O) groups excluding carboxylic acids is 12. The topological polar surface area (TPSA) is 283 Å². The molecule has 0 aromatic carbocycles. The minimum absolute atomic E-state index is 0.0209. The Hall–Kier alpha value is -6.91. The van der Waals surface area contributed by atoms with Gasteiger partial charge in [0.2, 0.25) is 70.9 Å². The van der Waals surface area contributed by atoms with Crippen molar-refractivity contribution in [3.05, 3.63) is 12.2 Å². The smallest absolute Gasteiger partial charge is 0.377 e. The van der Waals surface area contributed by atoms with Crippen LogP contribution in [0, 0.1) is 40.9 Å². The molecule has 4 saturated carbocycles. The van der Waals surface area contributed by atoms with Crippen LogP contribution < -0.4 is 16.0 Å². The largest absolute Gasteiger partial charge is 0.391 e. The number of nitrogens with one attached hydrogen (secondary N) is 3. The third-order valence-corrected chi connectivity index (χ3v) is 25.3. The quantitative estimate of drug-likeness (QED) is 0.190. The Kier molecular flexibility index (Phi) is 29.4. The molecular formula is C78H126F3N13O13. The zero-order valence-electron chi connectivity index (χ0n) is 66.5. The fourth-order valence-electron chi connectivity index (χ4n) is 18.9. The van der Waals surface area contributed by atoms with Gasteiger partial charge in [0.05, 0.1) is 31.5 Å². The van der Waals surface area contributed by atoms with Crippen molar-refractivity contribution in [2.75, 3.05) is 103 Å². The lowest BCUT2D eigenvalue weighted by Gasteiger charge is -2.54. The van der Waals surface area contributed by atoms with Crippen LogP contribution in [0.5, 0.6) is 0 Å². The number of likely N-dealkylation sites (tertiary alicyclic amines) is 1. The summed E-state index contributed by atoms with van der Waals surface area (Å²) in [4.78, 5) is 196. The van der Waals surface area contributed by atoms with E-state index in [9.17, 15) is 41.9 Å². The van der Waals surface area contributed by atoms with Gasteiger partial charge in [-0.1, -0.05) is 78.9 Å². The van der Waals surface area contributed by atoms with Gasteiger partial charge >= 0.3 is 6.18 Å². The molecule has 602 valence electrons. The van der Waals surface area contributed by atoms with Gasteiger partial charge in [0, 0.05) is 88.5 Å². The van der Waals surface area contributed by atoms with Crippen molar-refractivity contribution in [2.45, 2.75) is 268 Å². The van der Waals surface area contributed by atoms with Gasteiger partial charge in [-0.3, -0.25) is 57.5 Å². The SMILES string of the molecule is CCC[C@H]1C(=O)N[C@@H]([C@@H](C)CC)C(=O)N(C)CC(=O)N(C)[C@H]2C/C=C\CCN(C2=O)[C@@H](CC2CCC(C(F)(F)F)CC2)C(=O)N(C)CC(=O)N[C@@H](CCC2CCC3CCN(C)C3C2)C(=O)N2C[C@H](OCC)C[C@H]2C(=O)NC2(CC(C)(C)C2)C(=O)N(C)[C@@H](C2CCCC2)C(=O)N(C)[C@H](C(=O)N(C)C)CC(=O)N1C. The molecule has 0 aromatic rings. The molecule has 3 N–H and O–H groups in total. The molecule has 3 unspecified atom stereocenters. The van der Waals surface area contributed by atoms with E-state index in [-0.39, 0.29) is 103 Å². The molecule has 8 rings (SSSR count). The molecule has 8 aliphatic rings. The average Bonchev–Trinajstić information content (AvgIpc) is 1.60. The number of fused-ring (bicyclic) bond motifs is 4. The van der Waals surface area contributed by atoms with E-state index >= 15 is 28.8 Å². The summed E-state index contributed by atoms with van der Waals surface area (Å²) in [5.41, 5.74) is -2.09. The van der Waals surface area contributed by atoms with Crippen LogP contribution in [0.15, 0.2) is 12.2 Å². The summed E-state index contributed by atoms with van der Waals surface area (Å²) in [7, 11) is 13.6. The highest BCUT2D eigenvalue weighted by Crippen LogP contribution is 2.50. The normalized spacial score (nSPS) is 32.4. The first kappa shape index (κ1) is 85.7. The van der Waals surface area contributed by atoms with Crippen molar-refractivity contribution in [1.82, 2.24) is 64.9 Å². The highest BCUT2D eigenvalue weighted by Gasteiger charge is 2.59. The predicted octanol–water partition coefficient (Wildman–Crippen LogP) is 5.60. The zero-order valence-corrected chi connectivity index (χ0v) is 66.5. The maximum Gasteiger partial charge on any atom is 0.391 e. The van der Waals surface area contributed by atoms with Crippen molar-refractivity contribution in [3.8, 4) is 0 Å². The monoisotopic (exact) mass is 1510 g/mol. The van der Waals surface area contributed by atoms with E-state index in [1.54, 1.807) is 26.0 Å². The van der Waals surface area contributed by atoms with Gasteiger partial charge in [0.1, 0.15) is 53.9 Å². The fourth-order valence-corrected chi connectivity index (χ4v) is 18.9. The Morgan fingerprint density at radius 2 is 1.30 bits per heavy atom. The molecule has 0 aromatic heterocycles. The van der Waals surface area contributed by atoms with Gasteiger partial charge in [-0.05, 0) is 165 Å². The van der Waals surface area contributed by atoms with Crippen molar-refractivity contribution in [2.24, 2.45) is 40.9 Å². The van der Waals surface area contributed by atoms with Crippen LogP contribution in [-0.2, 0) is 62.3 Å². The predicted molar refractivity (Wildman–Crippen MR) is 396 cm³/mol. The minimum atomic E-state index is -4.43. The number of likely N-dealkylation sites (N-methyl/N-ethyl adjacent to an activating group) is 7. The highest BCUT2D eigenvalue weighted by molar-refractivity contribution is 6.01. The van der Waals surface area contributed by atoms with Crippen LogP contribution in [0.3, 0.4) is 0 Å². The van der Waals surface area contributed by atoms with Gasteiger partial charge in [-0.25, -0.2) is 0 Å². The molecule has 29 heteroatoms. The summed E-state index contributed by atoms with van der Waals surface area (Å²) in [5.74, 6) is -10.0. The van der Waals surface area contributed by atoms with Crippen LogP contribution in [0.25, 0.3) is 0 Å². The maximum absolute atomic E-state index is 15.8. The second-order valence-corrected chi connectivity index (χ2v) is 33.8. The van der Waals surface area contributed by atoms with Gasteiger partial charge in [-0.15, -0.1) is 0 Å². The lowest BCUT2D eigenvalue weighted by molar-refractivity contribution is -0.184. The van der Waals surface area contributed by atoms with Crippen LogP contribution in [0.2, 0.25) is 0 Å². The van der Waals surface area contributed by atoms with E-state index in [0.29, 0.717) is 44.1 Å². The standard InChI is InChI=1S/C78H126F3N13O13/c1-16-24-56-67(98)83-65(48(4)17-2)73(104)88(11)45-64(97)90(13)57-27-20-19-23-37-93(72(57)103)61(40-50-29-33-53(34-30-50)78(79,80)81)71(102)87(10)44-62(95)82-55(35-31-49-28-32-51-36-38-86(9)58(51)39-49)69(100)94-43-54(107-18-3)41-59(94)68(99)84-77(46-76(5,6)47-77)75(106)92(15)66(52-25-21-22-26-52)74(105)91(14)60(70(101)85(7)8)42-63(96)89(56)12/h19-20,48-61,65-66H,16-18,21-47H2,1-15H3,(H,82,95)(H,83,98)(H,84,99)/b20-19-/t48-,49?,50?,51?,53?,54+,55-,56-,57-,58?,59-,60-,61-,65-,66-/m0/s1. The summed E-state index contributed by atoms with van der Waals surface area (Å²) in [5, 5.41) is 9.03. The first-order chi connectivity index (χ1) is 50.4. The molecule has 0 radical (unpaired) electrons. The first-order valence-electron chi connectivity index (χ1n) is 39.7. The molecule has 2 bridgehead atoms. The van der Waals surface area contributed by atoms with Gasteiger partial charge in [0.15, 0.2) is 0 Å². The Balaban J connectivity index is 1.20. The summed E-state index contributed by atoms with van der Waals surface area (Å²) < 4.78 is 48.7. The Morgan fingerprint density at radius 3 is 1.92 bits per heavy atom. The first-order valence-corrected chi connectivity index (χ1v) is 39.7. The van der Waals surface area contributed by atoms with Crippen LogP contribution in [0.1, 0.15) is 196 Å². The van der Waals surface area contributed by atoms with Crippen LogP contribution in [0.4, 0.5) is 13.2 Å². The molecule has 1 spiro atoms. The van der Waals surface area contributed by atoms with E-state index in [0.717, 1.165) is 54.9 Å². The summed E-state index contributed by atoms with van der Waals surface area (Å²) >= 11 is 0. The van der Waals surface area contributed by atoms with Gasteiger partial charge in [-0.2, -0.15) is 13.2 Å². The van der Waals surface area contributed by atoms with Crippen molar-refractivity contribution in [3.63, 3.8) is 0 Å². The molecule has 107 heavy (non-hydrogen) atoms. The average molecular weight is 1510 g/mol. The Bertz CT molecular complexity index is 3220. The van der Waals surface area contributed by atoms with E-state index in [2.05, 4.69) is 27.9 Å². The second-order valence-electron chi connectivity index (χ2n) is 33.8. The lowest BCUT2D eigenvalue weighted by Crippen LogP contribution is -2.71. The number of halogens is 3. The molecule has 12 amide bonds. The van der Waals surface area contributed by atoms with Crippen molar-refractivity contribution >= 4 is 70.9 Å². The number of rotatable bonds is 13. The number of nitrogens with zero attached hydrogens (tertiary/aromatic N) is 10. The molecule has 4 aliphatic carbocycles. The number of hydrogen-bond acceptors (Lipinski definition) is 14. The molecule has 7 fully saturated rings. The molecule has 26 nitrogen and oxygen atoms in total. The number of hydrogen-bond donors (Lipinski definition) is 3. The third-order valence-electron chi connectivity index (χ3n) is 25.3. The molecule has 13 atom stereocenters. The zero-order chi connectivity index (χ0) is 78.9. The third kappa shape index (κ3) is 20.4. The minimum Gasteiger partial charge on any atom is -0.377 e. The van der Waals surface area contributed by atoms with E-state index in [1.807, 2.05) is 27.7 Å². The summed E-state index contributed by atoms with van der Waals surface area (Å²) in [6, 6.07) is -9.76. The molecule has 4 heterocycles.